The van der Waals surface area contributed by atoms with E-state index in [1.807, 2.05) is 0 Å². The van der Waals surface area contributed by atoms with Crippen LogP contribution in [0.3, 0.4) is 0 Å². The Balaban J connectivity index is 2.09. The molecule has 1 aromatic carbocycles. The molecule has 0 spiro atoms. The zero-order chi connectivity index (χ0) is 15.6. The maximum atomic E-state index is 13.1. The van der Waals surface area contributed by atoms with Gasteiger partial charge in [-0.1, -0.05) is 0 Å². The highest BCUT2D eigenvalue weighted by Crippen LogP contribution is 2.18. The molecule has 2 aromatic rings. The molecule has 1 amide bonds. The summed E-state index contributed by atoms with van der Waals surface area (Å²) in [5.41, 5.74) is 6.19. The number of aromatic carboxylic acids is 1. The number of carboxylic acid groups (broad SMARTS) is 1. The average molecular weight is 309 g/mol. The van der Waals surface area contributed by atoms with Crippen molar-refractivity contribution in [1.82, 2.24) is 10.3 Å². The molecule has 0 fully saturated rings. The Morgan fingerprint density at radius 1 is 1.48 bits per heavy atom. The molecule has 0 atom stereocenters. The number of anilines is 1. The maximum absolute atomic E-state index is 13.1. The second-order valence-corrected chi connectivity index (χ2v) is 5.33. The predicted octanol–water partition coefficient (Wildman–Crippen LogP) is 1.80. The van der Waals surface area contributed by atoms with Crippen molar-refractivity contribution >= 4 is 28.9 Å². The summed E-state index contributed by atoms with van der Waals surface area (Å²) in [6, 6.07) is 3.51. The summed E-state index contributed by atoms with van der Waals surface area (Å²) in [4.78, 5) is 27.0. The topological polar surface area (TPSA) is 105 Å². The molecular weight excluding hydrogens is 297 g/mol. The van der Waals surface area contributed by atoms with E-state index in [2.05, 4.69) is 10.3 Å². The Morgan fingerprint density at radius 3 is 2.81 bits per heavy atom. The molecule has 1 aromatic heterocycles. The highest BCUT2D eigenvalue weighted by molar-refractivity contribution is 7.13. The zero-order valence-corrected chi connectivity index (χ0v) is 11.8. The molecule has 110 valence electrons. The van der Waals surface area contributed by atoms with E-state index in [1.165, 1.54) is 6.07 Å². The van der Waals surface area contributed by atoms with Crippen LogP contribution < -0.4 is 11.1 Å². The van der Waals surface area contributed by atoms with E-state index >= 15 is 0 Å². The number of hydrogen-bond acceptors (Lipinski definition) is 5. The minimum Gasteiger partial charge on any atom is -0.477 e. The van der Waals surface area contributed by atoms with Gasteiger partial charge in [0.25, 0.3) is 5.91 Å². The Bertz CT molecular complexity index is 715. The van der Waals surface area contributed by atoms with Gasteiger partial charge in [-0.05, 0) is 25.1 Å². The summed E-state index contributed by atoms with van der Waals surface area (Å²) in [5.74, 6) is -2.17. The van der Waals surface area contributed by atoms with E-state index in [9.17, 15) is 14.0 Å². The van der Waals surface area contributed by atoms with Gasteiger partial charge < -0.3 is 16.2 Å². The number of aryl methyl sites for hydroxylation is 1. The molecular formula is C13H12FN3O3S. The number of nitrogens with zero attached hydrogens (tertiary/aromatic N) is 1. The van der Waals surface area contributed by atoms with Gasteiger partial charge in [-0.2, -0.15) is 0 Å². The third-order valence-electron chi connectivity index (χ3n) is 2.70. The molecule has 2 rings (SSSR count). The summed E-state index contributed by atoms with van der Waals surface area (Å²) >= 11 is 0.981. The molecule has 8 heteroatoms. The van der Waals surface area contributed by atoms with Crippen molar-refractivity contribution in [1.29, 1.82) is 0 Å². The molecule has 4 N–H and O–H groups in total. The summed E-state index contributed by atoms with van der Waals surface area (Å²) in [7, 11) is 0. The summed E-state index contributed by atoms with van der Waals surface area (Å²) in [6.07, 6.45) is 0. The molecule has 0 saturated heterocycles. The Hall–Kier alpha value is -2.48. The van der Waals surface area contributed by atoms with Crippen molar-refractivity contribution < 1.29 is 19.1 Å². The number of carbonyl (C=O) groups is 2. The fraction of sp³-hybridized carbons (Fsp3) is 0.154. The molecule has 6 nitrogen and oxygen atoms in total. The van der Waals surface area contributed by atoms with Gasteiger partial charge in [0.1, 0.15) is 15.7 Å². The summed E-state index contributed by atoms with van der Waals surface area (Å²) in [6.45, 7) is 1.63. The van der Waals surface area contributed by atoms with Crippen LogP contribution in [0.25, 0.3) is 0 Å². The van der Waals surface area contributed by atoms with E-state index in [0.717, 1.165) is 23.5 Å². The first-order valence-corrected chi connectivity index (χ1v) is 6.73. The molecule has 0 saturated carbocycles. The normalized spacial score (nSPS) is 10.4. The maximum Gasteiger partial charge on any atom is 0.347 e. The van der Waals surface area contributed by atoms with Crippen LogP contribution in [0.15, 0.2) is 18.2 Å². The first-order chi connectivity index (χ1) is 9.88. The van der Waals surface area contributed by atoms with Gasteiger partial charge in [0, 0.05) is 5.69 Å². The number of carboxylic acids is 1. The number of aromatic nitrogens is 1. The van der Waals surface area contributed by atoms with Gasteiger partial charge in [0.05, 0.1) is 17.8 Å². The number of benzene rings is 1. The molecule has 0 bridgehead atoms. The molecule has 0 aliphatic carbocycles. The molecule has 21 heavy (non-hydrogen) atoms. The van der Waals surface area contributed by atoms with Crippen molar-refractivity contribution in [2.24, 2.45) is 0 Å². The van der Waals surface area contributed by atoms with Crippen LogP contribution in [0.5, 0.6) is 0 Å². The highest BCUT2D eigenvalue weighted by Gasteiger charge is 2.15. The minimum atomic E-state index is -1.06. The number of amides is 1. The Kier molecular flexibility index (Phi) is 4.18. The van der Waals surface area contributed by atoms with Crippen LogP contribution in [-0.2, 0) is 6.54 Å². The monoisotopic (exact) mass is 309 g/mol. The molecule has 1 heterocycles. The van der Waals surface area contributed by atoms with E-state index in [1.54, 1.807) is 6.92 Å². The van der Waals surface area contributed by atoms with Crippen LogP contribution in [0.2, 0.25) is 0 Å². The van der Waals surface area contributed by atoms with Gasteiger partial charge in [0.15, 0.2) is 0 Å². The fourth-order valence-electron chi connectivity index (χ4n) is 1.70. The van der Waals surface area contributed by atoms with Crippen LogP contribution in [0.1, 0.15) is 30.7 Å². The lowest BCUT2D eigenvalue weighted by Crippen LogP contribution is -2.23. The predicted molar refractivity (Wildman–Crippen MR) is 75.8 cm³/mol. The third-order valence-corrected chi connectivity index (χ3v) is 3.84. The number of thiazole rings is 1. The van der Waals surface area contributed by atoms with Gasteiger partial charge in [0.2, 0.25) is 0 Å². The number of halogens is 1. The van der Waals surface area contributed by atoms with Gasteiger partial charge in [-0.3, -0.25) is 4.79 Å². The second-order valence-electron chi connectivity index (χ2n) is 4.24. The Labute approximate surface area is 123 Å². The van der Waals surface area contributed by atoms with Crippen molar-refractivity contribution in [3.8, 4) is 0 Å². The van der Waals surface area contributed by atoms with Gasteiger partial charge in [-0.25, -0.2) is 14.2 Å². The fourth-order valence-corrected chi connectivity index (χ4v) is 2.55. The standard InChI is InChI=1S/C13H12FN3O3S/c1-6-11(13(19)20)21-10(17-6)5-16-12(18)8-4-7(14)2-3-9(8)15/h2-4H,5,15H2,1H3,(H,16,18)(H,19,20). The van der Waals surface area contributed by atoms with Crippen molar-refractivity contribution in [3.63, 3.8) is 0 Å². The summed E-state index contributed by atoms with van der Waals surface area (Å²) in [5, 5.41) is 11.9. The second kappa shape index (κ2) is 5.88. The van der Waals surface area contributed by atoms with E-state index in [4.69, 9.17) is 10.8 Å². The lowest BCUT2D eigenvalue weighted by Gasteiger charge is -2.06. The highest BCUT2D eigenvalue weighted by atomic mass is 32.1. The average Bonchev–Trinajstić information content (AvgIpc) is 2.80. The first-order valence-electron chi connectivity index (χ1n) is 5.91. The smallest absolute Gasteiger partial charge is 0.347 e. The number of rotatable bonds is 4. The molecule has 0 unspecified atom stereocenters. The third kappa shape index (κ3) is 3.34. The number of nitrogen functional groups attached to an aromatic ring is 1. The van der Waals surface area contributed by atoms with Crippen LogP contribution in [0, 0.1) is 12.7 Å². The minimum absolute atomic E-state index is 0.0294. The molecule has 0 aliphatic heterocycles. The number of hydrogen-bond donors (Lipinski definition) is 3. The van der Waals surface area contributed by atoms with Gasteiger partial charge >= 0.3 is 5.97 Å². The van der Waals surface area contributed by atoms with Crippen LogP contribution in [0.4, 0.5) is 10.1 Å². The van der Waals surface area contributed by atoms with E-state index < -0.39 is 17.7 Å². The number of nitrogens with two attached hydrogens (primary N) is 1. The largest absolute Gasteiger partial charge is 0.477 e. The van der Waals surface area contributed by atoms with Crippen LogP contribution >= 0.6 is 11.3 Å². The quantitative estimate of drug-likeness (QED) is 0.747. The zero-order valence-electron chi connectivity index (χ0n) is 11.0. The van der Waals surface area contributed by atoms with Gasteiger partial charge in [-0.15, -0.1) is 11.3 Å². The lowest BCUT2D eigenvalue weighted by molar-refractivity contribution is 0.0701. The molecule has 0 radical (unpaired) electrons. The Morgan fingerprint density at radius 2 is 2.19 bits per heavy atom. The van der Waals surface area contributed by atoms with E-state index in [0.29, 0.717) is 10.7 Å². The number of carbonyl (C=O) groups excluding carboxylic acids is 1. The number of nitrogens with one attached hydrogen (secondary N) is 1. The SMILES string of the molecule is Cc1nc(CNC(=O)c2cc(F)ccc2N)sc1C(=O)O. The van der Waals surface area contributed by atoms with Crippen molar-refractivity contribution in [3.05, 3.63) is 45.2 Å². The first kappa shape index (κ1) is 14.9. The van der Waals surface area contributed by atoms with Crippen LogP contribution in [-0.4, -0.2) is 22.0 Å². The van der Waals surface area contributed by atoms with Crippen molar-refractivity contribution in [2.45, 2.75) is 13.5 Å². The lowest BCUT2D eigenvalue weighted by atomic mass is 10.1. The summed E-state index contributed by atoms with van der Waals surface area (Å²) < 4.78 is 13.1. The molecule has 0 aliphatic rings. The van der Waals surface area contributed by atoms with Crippen molar-refractivity contribution in [2.75, 3.05) is 5.73 Å². The van der Waals surface area contributed by atoms with E-state index in [-0.39, 0.29) is 22.7 Å².